The normalized spacial score (nSPS) is 18.4. The second-order valence-electron chi connectivity index (χ2n) is 10.2. The van der Waals surface area contributed by atoms with Crippen LogP contribution in [0.3, 0.4) is 0 Å². The molecule has 0 N–H and O–H groups in total. The highest BCUT2D eigenvalue weighted by Crippen LogP contribution is 2.34. The minimum atomic E-state index is 0.612. The summed E-state index contributed by atoms with van der Waals surface area (Å²) in [5.41, 5.74) is 5.67. The quantitative estimate of drug-likeness (QED) is 0.191. The van der Waals surface area contributed by atoms with Crippen molar-refractivity contribution in [2.24, 2.45) is 11.8 Å². The third kappa shape index (κ3) is 10.0. The van der Waals surface area contributed by atoms with Crippen LogP contribution >= 0.6 is 0 Å². The van der Waals surface area contributed by atoms with E-state index in [2.05, 4.69) is 74.2 Å². The highest BCUT2D eigenvalue weighted by Gasteiger charge is 2.20. The Morgan fingerprint density at radius 1 is 0.735 bits per heavy atom. The lowest BCUT2D eigenvalue weighted by Crippen LogP contribution is -2.15. The molecule has 1 saturated carbocycles. The van der Waals surface area contributed by atoms with Gasteiger partial charge in [0.15, 0.2) is 0 Å². The van der Waals surface area contributed by atoms with E-state index in [0.717, 1.165) is 18.3 Å². The molecule has 0 atom stereocenters. The summed E-state index contributed by atoms with van der Waals surface area (Å²) in [4.78, 5) is 0. The smallest absolute Gasteiger partial charge is 0.0721 e. The van der Waals surface area contributed by atoms with Crippen molar-refractivity contribution in [3.05, 3.63) is 95.6 Å². The molecule has 1 aliphatic rings. The van der Waals surface area contributed by atoms with Gasteiger partial charge in [0.05, 0.1) is 13.2 Å². The van der Waals surface area contributed by atoms with Crippen molar-refractivity contribution in [3.63, 3.8) is 0 Å². The van der Waals surface area contributed by atoms with E-state index in [1.807, 2.05) is 0 Å². The van der Waals surface area contributed by atoms with Crippen molar-refractivity contribution in [1.82, 2.24) is 0 Å². The van der Waals surface area contributed by atoms with Crippen LogP contribution in [0.5, 0.6) is 0 Å². The summed E-state index contributed by atoms with van der Waals surface area (Å²) in [5.74, 6) is 1.93. The van der Waals surface area contributed by atoms with Gasteiger partial charge in [-0.2, -0.15) is 0 Å². The first-order valence-corrected chi connectivity index (χ1v) is 13.7. The highest BCUT2D eigenvalue weighted by atomic mass is 16.5. The van der Waals surface area contributed by atoms with E-state index in [4.69, 9.17) is 4.74 Å². The monoisotopic (exact) mass is 458 g/mol. The minimum Gasteiger partial charge on any atom is -0.373 e. The lowest BCUT2D eigenvalue weighted by Gasteiger charge is -2.28. The summed E-state index contributed by atoms with van der Waals surface area (Å²) in [5, 5.41) is 0. The molecule has 1 aliphatic carbocycles. The predicted molar refractivity (Wildman–Crippen MR) is 147 cm³/mol. The van der Waals surface area contributed by atoms with Gasteiger partial charge < -0.3 is 4.74 Å². The van der Waals surface area contributed by atoms with Crippen molar-refractivity contribution in [2.45, 2.75) is 90.6 Å². The van der Waals surface area contributed by atoms with E-state index < -0.39 is 0 Å². The molecule has 2 aromatic rings. The molecule has 0 spiro atoms. The second kappa shape index (κ2) is 15.7. The Morgan fingerprint density at radius 2 is 1.24 bits per heavy atom. The van der Waals surface area contributed by atoms with Gasteiger partial charge in [-0.1, -0.05) is 92.4 Å². The fraction of sp³-hybridized carbons (Fsp3) is 0.515. The van der Waals surface area contributed by atoms with Crippen molar-refractivity contribution >= 4 is 0 Å². The first-order valence-electron chi connectivity index (χ1n) is 13.7. The van der Waals surface area contributed by atoms with Crippen LogP contribution in [0.2, 0.25) is 0 Å². The van der Waals surface area contributed by atoms with Crippen LogP contribution in [0.4, 0.5) is 0 Å². The van der Waals surface area contributed by atoms with Crippen LogP contribution in [-0.2, 0) is 30.6 Å². The van der Waals surface area contributed by atoms with E-state index in [1.165, 1.54) is 92.9 Å². The standard InChI is InChI=1S/C33H46O/c1-3-5-6-9-28-12-16-31(17-13-28)20-21-32-18-14-29(15-19-32)10-7-8-11-30-22-24-33(25-23-30)27-34-26-4-2/h3-5,14-15,18-19,22-25,28,31H,2,6-13,16-17,20-21,26-27H2,1H3/b5-3+/t28-,31-. The van der Waals surface area contributed by atoms with E-state index in [-0.39, 0.29) is 0 Å². The van der Waals surface area contributed by atoms with Crippen LogP contribution < -0.4 is 0 Å². The average molecular weight is 459 g/mol. The second-order valence-corrected chi connectivity index (χ2v) is 10.2. The fourth-order valence-electron chi connectivity index (χ4n) is 5.27. The molecule has 0 unspecified atom stereocenters. The van der Waals surface area contributed by atoms with Crippen LogP contribution in [-0.4, -0.2) is 6.61 Å². The van der Waals surface area contributed by atoms with E-state index in [9.17, 15) is 0 Å². The van der Waals surface area contributed by atoms with Crippen LogP contribution in [0.25, 0.3) is 0 Å². The topological polar surface area (TPSA) is 9.23 Å². The van der Waals surface area contributed by atoms with Crippen LogP contribution in [0.15, 0.2) is 73.3 Å². The van der Waals surface area contributed by atoms with Gasteiger partial charge in [-0.25, -0.2) is 0 Å². The molecule has 1 nitrogen and oxygen atoms in total. The van der Waals surface area contributed by atoms with Gasteiger partial charge in [-0.15, -0.1) is 6.58 Å². The number of ether oxygens (including phenoxy) is 1. The van der Waals surface area contributed by atoms with Gasteiger partial charge in [-0.3, -0.25) is 0 Å². The van der Waals surface area contributed by atoms with Gasteiger partial charge in [0.2, 0.25) is 0 Å². The maximum atomic E-state index is 5.51. The third-order valence-corrected chi connectivity index (χ3v) is 7.52. The molecule has 0 radical (unpaired) electrons. The minimum absolute atomic E-state index is 0.612. The summed E-state index contributed by atoms with van der Waals surface area (Å²) < 4.78 is 5.51. The average Bonchev–Trinajstić information content (AvgIpc) is 2.88. The summed E-state index contributed by atoms with van der Waals surface area (Å²) in [7, 11) is 0. The highest BCUT2D eigenvalue weighted by molar-refractivity contribution is 5.24. The Labute approximate surface area is 209 Å². The largest absolute Gasteiger partial charge is 0.373 e. The van der Waals surface area contributed by atoms with Crippen molar-refractivity contribution in [1.29, 1.82) is 0 Å². The maximum absolute atomic E-state index is 5.51. The first-order chi connectivity index (χ1) is 16.8. The Hall–Kier alpha value is -2.12. The Balaban J connectivity index is 1.27. The van der Waals surface area contributed by atoms with Crippen molar-refractivity contribution < 1.29 is 4.74 Å². The summed E-state index contributed by atoms with van der Waals surface area (Å²) >= 11 is 0. The lowest BCUT2D eigenvalue weighted by atomic mass is 9.78. The number of hydrogen-bond acceptors (Lipinski definition) is 1. The van der Waals surface area contributed by atoms with E-state index in [1.54, 1.807) is 6.08 Å². The summed E-state index contributed by atoms with van der Waals surface area (Å²) in [6, 6.07) is 18.4. The number of benzene rings is 2. The lowest BCUT2D eigenvalue weighted by molar-refractivity contribution is 0.149. The molecule has 3 rings (SSSR count). The molecule has 1 heteroatoms. The van der Waals surface area contributed by atoms with Crippen LogP contribution in [0.1, 0.15) is 87.0 Å². The Morgan fingerprint density at radius 3 is 1.76 bits per heavy atom. The molecular formula is C33H46O. The zero-order valence-electron chi connectivity index (χ0n) is 21.5. The van der Waals surface area contributed by atoms with Crippen molar-refractivity contribution in [3.8, 4) is 0 Å². The summed E-state index contributed by atoms with van der Waals surface area (Å²) in [6.45, 7) is 7.10. The number of hydrogen-bond donors (Lipinski definition) is 0. The number of unbranched alkanes of at least 4 members (excludes halogenated alkanes) is 1. The van der Waals surface area contributed by atoms with Crippen LogP contribution in [0, 0.1) is 11.8 Å². The maximum Gasteiger partial charge on any atom is 0.0721 e. The Bertz CT molecular complexity index is 822. The molecule has 0 heterocycles. The molecule has 0 aromatic heterocycles. The molecule has 184 valence electrons. The molecular weight excluding hydrogens is 412 g/mol. The molecule has 1 fully saturated rings. The molecule has 2 aromatic carbocycles. The van der Waals surface area contributed by atoms with E-state index in [0.29, 0.717) is 13.2 Å². The summed E-state index contributed by atoms with van der Waals surface area (Å²) in [6.07, 6.45) is 22.3. The zero-order valence-corrected chi connectivity index (χ0v) is 21.5. The zero-order chi connectivity index (χ0) is 23.8. The first kappa shape index (κ1) is 26.5. The van der Waals surface area contributed by atoms with Crippen molar-refractivity contribution in [2.75, 3.05) is 6.61 Å². The molecule has 34 heavy (non-hydrogen) atoms. The van der Waals surface area contributed by atoms with Gasteiger partial charge in [-0.05, 0) is 92.4 Å². The SMILES string of the molecule is C=CCOCc1ccc(CCCCc2ccc(CC[C@H]3CC[C@H](CC/C=C/C)CC3)cc2)cc1. The number of rotatable bonds is 15. The molecule has 0 bridgehead atoms. The predicted octanol–water partition coefficient (Wildman–Crippen LogP) is 9.05. The molecule has 0 amide bonds. The molecule has 0 aliphatic heterocycles. The Kier molecular flexibility index (Phi) is 12.2. The van der Waals surface area contributed by atoms with E-state index >= 15 is 0 Å². The van der Waals surface area contributed by atoms with Gasteiger partial charge in [0, 0.05) is 0 Å². The van der Waals surface area contributed by atoms with Gasteiger partial charge in [0.25, 0.3) is 0 Å². The number of allylic oxidation sites excluding steroid dienone is 2. The van der Waals surface area contributed by atoms with Gasteiger partial charge in [0.1, 0.15) is 0 Å². The van der Waals surface area contributed by atoms with Gasteiger partial charge >= 0.3 is 0 Å². The third-order valence-electron chi connectivity index (χ3n) is 7.52. The molecule has 0 saturated heterocycles. The number of aryl methyl sites for hydroxylation is 3. The fourth-order valence-corrected chi connectivity index (χ4v) is 5.27.